The second-order valence-corrected chi connectivity index (χ2v) is 9.77. The van der Waals surface area contributed by atoms with Gasteiger partial charge in [-0.2, -0.15) is 0 Å². The van der Waals surface area contributed by atoms with E-state index in [0.717, 1.165) is 51.3 Å². The smallest absolute Gasteiger partial charge is 0.213 e. The summed E-state index contributed by atoms with van der Waals surface area (Å²) in [5.41, 5.74) is 0. The highest BCUT2D eigenvalue weighted by molar-refractivity contribution is 14.0. The predicted octanol–water partition coefficient (Wildman–Crippen LogP) is 2.14. The molecule has 9 heteroatoms. The molecule has 0 unspecified atom stereocenters. The Hall–Kier alpha value is -0.130. The molecule has 0 aromatic heterocycles. The average molecular weight is 530 g/mol. The minimum atomic E-state index is -3.23. The first-order valence-electron chi connectivity index (χ1n) is 10.8. The van der Waals surface area contributed by atoms with Crippen LogP contribution in [0.1, 0.15) is 58.8 Å². The highest BCUT2D eigenvalue weighted by atomic mass is 127. The third-order valence-electron chi connectivity index (χ3n) is 5.55. The standard InChI is InChI=1S/C19H39N5O2S.HI/c1-3-5-12-24-13-9-18(10-14-24)23-19(20-4-2)21-11-15-27(25,26)22-16-17-7-6-8-17;/h17-18,22H,3-16H2,1-2H3,(H2,20,21,23);1H. The summed E-state index contributed by atoms with van der Waals surface area (Å²) >= 11 is 0. The molecule has 2 aliphatic rings. The Balaban J connectivity index is 0.00000392. The van der Waals surface area contributed by atoms with Crippen LogP contribution in [-0.4, -0.2) is 70.3 Å². The number of hydrogen-bond acceptors (Lipinski definition) is 4. The van der Waals surface area contributed by atoms with Crippen molar-refractivity contribution in [3.63, 3.8) is 0 Å². The van der Waals surface area contributed by atoms with Gasteiger partial charge < -0.3 is 15.5 Å². The molecule has 166 valence electrons. The topological polar surface area (TPSA) is 85.8 Å². The van der Waals surface area contributed by atoms with Gasteiger partial charge >= 0.3 is 0 Å². The Labute approximate surface area is 189 Å². The van der Waals surface area contributed by atoms with Crippen molar-refractivity contribution in [2.75, 3.05) is 45.0 Å². The van der Waals surface area contributed by atoms with Gasteiger partial charge in [-0.05, 0) is 51.5 Å². The van der Waals surface area contributed by atoms with Gasteiger partial charge in [0, 0.05) is 32.2 Å². The Bertz CT molecular complexity index is 547. The molecule has 1 saturated heterocycles. The molecule has 28 heavy (non-hydrogen) atoms. The molecule has 0 aromatic carbocycles. The maximum atomic E-state index is 12.1. The van der Waals surface area contributed by atoms with E-state index in [4.69, 9.17) is 0 Å². The maximum absolute atomic E-state index is 12.1. The third-order valence-corrected chi connectivity index (χ3v) is 6.87. The van der Waals surface area contributed by atoms with Crippen molar-refractivity contribution in [1.82, 2.24) is 20.3 Å². The summed E-state index contributed by atoms with van der Waals surface area (Å²) in [6.45, 7) is 9.34. The van der Waals surface area contributed by atoms with Crippen LogP contribution < -0.4 is 15.4 Å². The number of nitrogens with zero attached hydrogens (tertiary/aromatic N) is 2. The minimum absolute atomic E-state index is 0. The fourth-order valence-corrected chi connectivity index (χ4v) is 4.45. The Morgan fingerprint density at radius 1 is 1.14 bits per heavy atom. The van der Waals surface area contributed by atoms with E-state index < -0.39 is 10.0 Å². The molecule has 0 bridgehead atoms. The van der Waals surface area contributed by atoms with Crippen LogP contribution in [0.15, 0.2) is 4.99 Å². The van der Waals surface area contributed by atoms with Crippen LogP contribution in [0.4, 0.5) is 0 Å². The number of sulfonamides is 1. The number of guanidine groups is 1. The molecule has 7 nitrogen and oxygen atoms in total. The molecule has 0 amide bonds. The Morgan fingerprint density at radius 3 is 2.43 bits per heavy atom. The molecule has 1 aliphatic heterocycles. The fraction of sp³-hybridized carbons (Fsp3) is 0.947. The average Bonchev–Trinajstić information content (AvgIpc) is 2.59. The number of nitrogens with one attached hydrogen (secondary N) is 3. The lowest BCUT2D eigenvalue weighted by atomic mass is 9.86. The summed E-state index contributed by atoms with van der Waals surface area (Å²) in [7, 11) is -3.23. The SMILES string of the molecule is CCCCN1CCC(NC(=NCCS(=O)(=O)NCC2CCC2)NCC)CC1.I. The van der Waals surface area contributed by atoms with Crippen molar-refractivity contribution in [2.45, 2.75) is 64.8 Å². The Morgan fingerprint density at radius 2 is 1.86 bits per heavy atom. The van der Waals surface area contributed by atoms with Crippen LogP contribution in [0.2, 0.25) is 0 Å². The van der Waals surface area contributed by atoms with E-state index in [0.29, 0.717) is 18.5 Å². The first-order chi connectivity index (χ1) is 13.0. The number of piperidine rings is 1. The maximum Gasteiger partial charge on any atom is 0.213 e. The highest BCUT2D eigenvalue weighted by Crippen LogP contribution is 2.25. The lowest BCUT2D eigenvalue weighted by molar-refractivity contribution is 0.203. The van der Waals surface area contributed by atoms with Gasteiger partial charge in [0.1, 0.15) is 0 Å². The van der Waals surface area contributed by atoms with Crippen LogP contribution in [0, 0.1) is 5.92 Å². The largest absolute Gasteiger partial charge is 0.357 e. The molecule has 3 N–H and O–H groups in total. The first kappa shape index (κ1) is 25.9. The fourth-order valence-electron chi connectivity index (χ4n) is 3.49. The van der Waals surface area contributed by atoms with E-state index in [1.165, 1.54) is 25.8 Å². The van der Waals surface area contributed by atoms with Crippen molar-refractivity contribution < 1.29 is 8.42 Å². The molecule has 0 radical (unpaired) electrons. The van der Waals surface area contributed by atoms with E-state index >= 15 is 0 Å². The number of unbranched alkanes of at least 4 members (excludes halogenated alkanes) is 1. The number of hydrogen-bond donors (Lipinski definition) is 3. The highest BCUT2D eigenvalue weighted by Gasteiger charge is 2.21. The van der Waals surface area contributed by atoms with E-state index in [1.807, 2.05) is 6.92 Å². The first-order valence-corrected chi connectivity index (χ1v) is 12.4. The molecule has 0 aromatic rings. The van der Waals surface area contributed by atoms with Gasteiger partial charge in [-0.1, -0.05) is 19.8 Å². The Kier molecular flexibility index (Phi) is 12.9. The van der Waals surface area contributed by atoms with Gasteiger partial charge in [-0.3, -0.25) is 4.99 Å². The van der Waals surface area contributed by atoms with Gasteiger partial charge in [-0.15, -0.1) is 24.0 Å². The molecule has 1 saturated carbocycles. The number of halogens is 1. The molecule has 2 rings (SSSR count). The van der Waals surface area contributed by atoms with E-state index in [-0.39, 0.29) is 36.3 Å². The number of likely N-dealkylation sites (tertiary alicyclic amines) is 1. The van der Waals surface area contributed by atoms with Crippen LogP contribution in [0.5, 0.6) is 0 Å². The third kappa shape index (κ3) is 10.1. The minimum Gasteiger partial charge on any atom is -0.357 e. The summed E-state index contributed by atoms with van der Waals surface area (Å²) in [6, 6.07) is 0.411. The summed E-state index contributed by atoms with van der Waals surface area (Å²) in [5, 5.41) is 6.73. The molecular formula is C19H40IN5O2S. The summed E-state index contributed by atoms with van der Waals surface area (Å²) in [4.78, 5) is 7.02. The van der Waals surface area contributed by atoms with Gasteiger partial charge in [0.2, 0.25) is 10.0 Å². The number of aliphatic imine (C=N–C) groups is 1. The molecule has 0 atom stereocenters. The predicted molar refractivity (Wildman–Crippen MR) is 128 cm³/mol. The van der Waals surface area contributed by atoms with Crippen molar-refractivity contribution in [2.24, 2.45) is 10.9 Å². The summed E-state index contributed by atoms with van der Waals surface area (Å²) in [5.74, 6) is 1.32. The lowest BCUT2D eigenvalue weighted by Gasteiger charge is -2.33. The van der Waals surface area contributed by atoms with Gasteiger partial charge in [0.05, 0.1) is 12.3 Å². The molecule has 2 fully saturated rings. The molecule has 1 heterocycles. The van der Waals surface area contributed by atoms with Crippen molar-refractivity contribution in [1.29, 1.82) is 0 Å². The van der Waals surface area contributed by atoms with Gasteiger partial charge in [-0.25, -0.2) is 13.1 Å². The van der Waals surface area contributed by atoms with Crippen LogP contribution >= 0.6 is 24.0 Å². The van der Waals surface area contributed by atoms with Crippen LogP contribution in [-0.2, 0) is 10.0 Å². The molecular weight excluding hydrogens is 489 g/mol. The van der Waals surface area contributed by atoms with Gasteiger partial charge in [0.25, 0.3) is 0 Å². The van der Waals surface area contributed by atoms with Crippen molar-refractivity contribution >= 4 is 40.0 Å². The monoisotopic (exact) mass is 529 g/mol. The van der Waals surface area contributed by atoms with E-state index in [1.54, 1.807) is 0 Å². The summed E-state index contributed by atoms with van der Waals surface area (Å²) < 4.78 is 26.9. The second-order valence-electron chi connectivity index (χ2n) is 7.84. The zero-order valence-corrected chi connectivity index (χ0v) is 20.7. The summed E-state index contributed by atoms with van der Waals surface area (Å²) in [6.07, 6.45) is 8.24. The zero-order valence-electron chi connectivity index (χ0n) is 17.6. The quantitative estimate of drug-likeness (QED) is 0.217. The van der Waals surface area contributed by atoms with Crippen LogP contribution in [0.25, 0.3) is 0 Å². The van der Waals surface area contributed by atoms with E-state index in [9.17, 15) is 8.42 Å². The van der Waals surface area contributed by atoms with Gasteiger partial charge in [0.15, 0.2) is 5.96 Å². The molecule has 0 spiro atoms. The number of rotatable bonds is 11. The normalized spacial score (nSPS) is 19.7. The van der Waals surface area contributed by atoms with Crippen molar-refractivity contribution in [3.05, 3.63) is 0 Å². The molecule has 1 aliphatic carbocycles. The lowest BCUT2D eigenvalue weighted by Crippen LogP contribution is -2.49. The van der Waals surface area contributed by atoms with Crippen LogP contribution in [0.3, 0.4) is 0 Å². The van der Waals surface area contributed by atoms with Crippen molar-refractivity contribution in [3.8, 4) is 0 Å². The second kappa shape index (κ2) is 14.0. The van der Waals surface area contributed by atoms with E-state index in [2.05, 4.69) is 32.2 Å². The zero-order chi connectivity index (χ0) is 19.5.